The molecule has 1 heterocycles. The molecule has 0 aliphatic carbocycles. The van der Waals surface area contributed by atoms with Gasteiger partial charge in [0.05, 0.1) is 18.5 Å². The predicted octanol–water partition coefficient (Wildman–Crippen LogP) is 3.89. The summed E-state index contributed by atoms with van der Waals surface area (Å²) in [6, 6.07) is 16.3. The monoisotopic (exact) mass is 368 g/mol. The maximum atomic E-state index is 12.1. The molecule has 2 N–H and O–H groups in total. The molecule has 1 amide bonds. The first-order valence-corrected chi connectivity index (χ1v) is 8.41. The van der Waals surface area contributed by atoms with Crippen LogP contribution < -0.4 is 10.2 Å². The molecule has 7 heteroatoms. The van der Waals surface area contributed by atoms with Crippen molar-refractivity contribution >= 4 is 23.7 Å². The lowest BCUT2D eigenvalue weighted by Gasteiger charge is -2.02. The number of aromatic nitrogens is 2. The van der Waals surface area contributed by atoms with Crippen LogP contribution in [0.2, 0.25) is 5.02 Å². The van der Waals surface area contributed by atoms with E-state index in [4.69, 9.17) is 16.3 Å². The second-order valence-electron chi connectivity index (χ2n) is 5.37. The maximum Gasteiger partial charge on any atom is 0.289 e. The molecule has 0 bridgehead atoms. The normalized spacial score (nSPS) is 10.8. The first kappa shape index (κ1) is 17.7. The van der Waals surface area contributed by atoms with Crippen LogP contribution in [0.4, 0.5) is 0 Å². The van der Waals surface area contributed by atoms with Crippen LogP contribution >= 0.6 is 11.6 Å². The lowest BCUT2D eigenvalue weighted by Crippen LogP contribution is -2.17. The number of rotatable bonds is 6. The second kappa shape index (κ2) is 8.31. The molecular formula is C19H17ClN4O2. The number of nitrogens with one attached hydrogen (secondary N) is 2. The molecule has 0 aliphatic rings. The highest BCUT2D eigenvalue weighted by molar-refractivity contribution is 6.30. The fraction of sp³-hybridized carbons (Fsp3) is 0.105. The average Bonchev–Trinajstić information content (AvgIpc) is 3.14. The lowest BCUT2D eigenvalue weighted by atomic mass is 10.1. The third kappa shape index (κ3) is 4.49. The Morgan fingerprint density at radius 3 is 2.65 bits per heavy atom. The standard InChI is InChI=1S/C19H17ClN4O2/c1-2-26-16-9-3-13(4-10-16)12-21-24-19(25)18-11-17(22-23-18)14-5-7-15(20)8-6-14/h3-12H,2H2,1H3,(H,22,23)(H,24,25)/b21-12+. The Labute approximate surface area is 155 Å². The topological polar surface area (TPSA) is 79.4 Å². The van der Waals surface area contributed by atoms with Crippen LogP contribution in [0.5, 0.6) is 5.75 Å². The maximum absolute atomic E-state index is 12.1. The van der Waals surface area contributed by atoms with E-state index in [9.17, 15) is 4.79 Å². The number of carbonyl (C=O) groups excluding carboxylic acids is 1. The summed E-state index contributed by atoms with van der Waals surface area (Å²) in [4.78, 5) is 12.1. The Morgan fingerprint density at radius 2 is 1.96 bits per heavy atom. The quantitative estimate of drug-likeness (QED) is 0.511. The van der Waals surface area contributed by atoms with Crippen molar-refractivity contribution < 1.29 is 9.53 Å². The number of amides is 1. The van der Waals surface area contributed by atoms with E-state index in [1.54, 1.807) is 24.4 Å². The van der Waals surface area contributed by atoms with Gasteiger partial charge in [0.25, 0.3) is 5.91 Å². The fourth-order valence-electron chi connectivity index (χ4n) is 2.25. The number of hydrogen-bond acceptors (Lipinski definition) is 4. The number of aromatic amines is 1. The minimum absolute atomic E-state index is 0.318. The number of nitrogens with zero attached hydrogens (tertiary/aromatic N) is 2. The molecule has 3 rings (SSSR count). The highest BCUT2D eigenvalue weighted by Gasteiger charge is 2.10. The van der Waals surface area contributed by atoms with Crippen LogP contribution in [0, 0.1) is 0 Å². The Balaban J connectivity index is 1.60. The summed E-state index contributed by atoms with van der Waals surface area (Å²) >= 11 is 5.87. The molecule has 2 aromatic carbocycles. The van der Waals surface area contributed by atoms with Gasteiger partial charge in [0.15, 0.2) is 0 Å². The molecular weight excluding hydrogens is 352 g/mol. The summed E-state index contributed by atoms with van der Waals surface area (Å²) in [6.07, 6.45) is 1.56. The van der Waals surface area contributed by atoms with Crippen LogP contribution in [0.1, 0.15) is 23.0 Å². The summed E-state index contributed by atoms with van der Waals surface area (Å²) in [5.74, 6) is 0.417. The van der Waals surface area contributed by atoms with Gasteiger partial charge in [-0.25, -0.2) is 5.43 Å². The number of carbonyl (C=O) groups is 1. The molecule has 0 fully saturated rings. The highest BCUT2D eigenvalue weighted by Crippen LogP contribution is 2.20. The van der Waals surface area contributed by atoms with Crippen molar-refractivity contribution in [2.75, 3.05) is 6.61 Å². The third-order valence-corrected chi connectivity index (χ3v) is 3.79. The number of hydrazone groups is 1. The van der Waals surface area contributed by atoms with Gasteiger partial charge in [-0.15, -0.1) is 0 Å². The van der Waals surface area contributed by atoms with Crippen molar-refractivity contribution in [3.05, 3.63) is 70.9 Å². The third-order valence-electron chi connectivity index (χ3n) is 3.53. The number of H-pyrrole nitrogens is 1. The van der Waals surface area contributed by atoms with Crippen LogP contribution in [-0.2, 0) is 0 Å². The van der Waals surface area contributed by atoms with Crippen molar-refractivity contribution in [2.45, 2.75) is 6.92 Å². The van der Waals surface area contributed by atoms with Crippen molar-refractivity contribution in [1.29, 1.82) is 0 Å². The summed E-state index contributed by atoms with van der Waals surface area (Å²) in [6.45, 7) is 2.55. The number of ether oxygens (including phenoxy) is 1. The van der Waals surface area contributed by atoms with Gasteiger partial charge in [-0.05, 0) is 55.0 Å². The zero-order valence-corrected chi connectivity index (χ0v) is 14.8. The van der Waals surface area contributed by atoms with Gasteiger partial charge in [0, 0.05) is 10.6 Å². The van der Waals surface area contributed by atoms with Gasteiger partial charge < -0.3 is 4.74 Å². The Hall–Kier alpha value is -3.12. The summed E-state index contributed by atoms with van der Waals surface area (Å²) in [5.41, 5.74) is 5.15. The van der Waals surface area contributed by atoms with Crippen molar-refractivity contribution in [2.24, 2.45) is 5.10 Å². The molecule has 0 atom stereocenters. The van der Waals surface area contributed by atoms with Gasteiger partial charge in [-0.2, -0.15) is 10.2 Å². The van der Waals surface area contributed by atoms with Crippen LogP contribution in [-0.4, -0.2) is 28.9 Å². The summed E-state index contributed by atoms with van der Waals surface area (Å²) in [5, 5.41) is 11.4. The molecule has 0 aliphatic heterocycles. The number of benzene rings is 2. The molecule has 26 heavy (non-hydrogen) atoms. The molecule has 0 unspecified atom stereocenters. The van der Waals surface area contributed by atoms with Gasteiger partial charge in [-0.3, -0.25) is 9.89 Å². The zero-order chi connectivity index (χ0) is 18.4. The van der Waals surface area contributed by atoms with Gasteiger partial charge in [-0.1, -0.05) is 23.7 Å². The Kier molecular flexibility index (Phi) is 5.66. The van der Waals surface area contributed by atoms with Gasteiger partial charge in [0.2, 0.25) is 0 Å². The summed E-state index contributed by atoms with van der Waals surface area (Å²) in [7, 11) is 0. The molecule has 1 aromatic heterocycles. The van der Waals surface area contributed by atoms with E-state index in [1.165, 1.54) is 0 Å². The average molecular weight is 369 g/mol. The van der Waals surface area contributed by atoms with Crippen molar-refractivity contribution in [3.63, 3.8) is 0 Å². The first-order valence-electron chi connectivity index (χ1n) is 8.03. The van der Waals surface area contributed by atoms with Crippen molar-refractivity contribution in [1.82, 2.24) is 15.6 Å². The van der Waals surface area contributed by atoms with Crippen LogP contribution in [0.3, 0.4) is 0 Å². The predicted molar refractivity (Wildman–Crippen MR) is 102 cm³/mol. The minimum atomic E-state index is -0.375. The van der Waals surface area contributed by atoms with E-state index in [1.807, 2.05) is 43.3 Å². The number of hydrogen-bond donors (Lipinski definition) is 2. The number of halogens is 1. The van der Waals surface area contributed by atoms with E-state index < -0.39 is 0 Å². The molecule has 0 radical (unpaired) electrons. The van der Waals surface area contributed by atoms with Gasteiger partial charge in [0.1, 0.15) is 11.4 Å². The Morgan fingerprint density at radius 1 is 1.23 bits per heavy atom. The van der Waals surface area contributed by atoms with E-state index in [0.717, 1.165) is 16.9 Å². The zero-order valence-electron chi connectivity index (χ0n) is 14.1. The SMILES string of the molecule is CCOc1ccc(/C=N/NC(=O)c2cc(-c3ccc(Cl)cc3)n[nH]2)cc1. The van der Waals surface area contributed by atoms with E-state index in [2.05, 4.69) is 20.7 Å². The van der Waals surface area contributed by atoms with E-state index in [0.29, 0.717) is 23.0 Å². The van der Waals surface area contributed by atoms with Gasteiger partial charge >= 0.3 is 0 Å². The molecule has 0 spiro atoms. The molecule has 0 saturated heterocycles. The largest absolute Gasteiger partial charge is 0.494 e. The molecule has 3 aromatic rings. The van der Waals surface area contributed by atoms with E-state index >= 15 is 0 Å². The molecule has 6 nitrogen and oxygen atoms in total. The first-order chi connectivity index (χ1) is 12.7. The summed E-state index contributed by atoms with van der Waals surface area (Å²) < 4.78 is 5.37. The lowest BCUT2D eigenvalue weighted by molar-refractivity contribution is 0.0950. The van der Waals surface area contributed by atoms with E-state index in [-0.39, 0.29) is 5.91 Å². The smallest absolute Gasteiger partial charge is 0.289 e. The second-order valence-corrected chi connectivity index (χ2v) is 5.81. The fourth-order valence-corrected chi connectivity index (χ4v) is 2.38. The molecule has 132 valence electrons. The van der Waals surface area contributed by atoms with Crippen LogP contribution in [0.15, 0.2) is 59.7 Å². The van der Waals surface area contributed by atoms with Crippen LogP contribution in [0.25, 0.3) is 11.3 Å². The van der Waals surface area contributed by atoms with Crippen molar-refractivity contribution in [3.8, 4) is 17.0 Å². The molecule has 0 saturated carbocycles. The Bertz CT molecular complexity index is 902. The minimum Gasteiger partial charge on any atom is -0.494 e. The highest BCUT2D eigenvalue weighted by atomic mass is 35.5.